The zero-order valence-electron chi connectivity index (χ0n) is 15.0. The third-order valence-electron chi connectivity index (χ3n) is 4.43. The van der Waals surface area contributed by atoms with Gasteiger partial charge in [-0.1, -0.05) is 12.1 Å². The van der Waals surface area contributed by atoms with Crippen LogP contribution in [0.5, 0.6) is 0 Å². The number of hydrogen-bond donors (Lipinski definition) is 2. The lowest BCUT2D eigenvalue weighted by molar-refractivity contribution is -0.384. The van der Waals surface area contributed by atoms with Crippen LogP contribution in [0.25, 0.3) is 0 Å². The summed E-state index contributed by atoms with van der Waals surface area (Å²) >= 11 is 0. The summed E-state index contributed by atoms with van der Waals surface area (Å²) < 4.78 is 22.9. The standard InChI is InChI=1S/C18H15N3O7S/c1-10(22)15-16(11-3-2-4-13(9-11)21(25)26)20(18(24)17(15)23)12-5-7-14(8-6-12)29(19,27)28/h2-9,16,23H,1H3,(H2,19,27,28)/t16-/m0/s1. The van der Waals surface area contributed by atoms with Crippen LogP contribution >= 0.6 is 0 Å². The Balaban J connectivity index is 2.17. The average molecular weight is 417 g/mol. The van der Waals surface area contributed by atoms with Gasteiger partial charge >= 0.3 is 0 Å². The summed E-state index contributed by atoms with van der Waals surface area (Å²) in [6, 6.07) is 9.13. The van der Waals surface area contributed by atoms with Gasteiger partial charge < -0.3 is 5.11 Å². The number of aliphatic hydroxyl groups is 1. The monoisotopic (exact) mass is 417 g/mol. The normalized spacial score (nSPS) is 17.0. The lowest BCUT2D eigenvalue weighted by Gasteiger charge is -2.26. The highest BCUT2D eigenvalue weighted by Gasteiger charge is 2.43. The molecule has 0 bridgehead atoms. The minimum absolute atomic E-state index is 0.168. The van der Waals surface area contributed by atoms with Gasteiger partial charge in [0.05, 0.1) is 21.4 Å². The van der Waals surface area contributed by atoms with Crippen molar-refractivity contribution in [2.24, 2.45) is 5.14 Å². The third kappa shape index (κ3) is 3.60. The maximum atomic E-state index is 12.7. The minimum atomic E-state index is -3.96. The number of nitro groups is 1. The van der Waals surface area contributed by atoms with Gasteiger partial charge in [0.25, 0.3) is 11.6 Å². The summed E-state index contributed by atoms with van der Waals surface area (Å²) in [6.45, 7) is 1.16. The van der Waals surface area contributed by atoms with Crippen molar-refractivity contribution < 1.29 is 28.0 Å². The van der Waals surface area contributed by atoms with Crippen molar-refractivity contribution in [2.75, 3.05) is 4.90 Å². The topological polar surface area (TPSA) is 161 Å². The number of aliphatic hydroxyl groups excluding tert-OH is 1. The van der Waals surface area contributed by atoms with Gasteiger partial charge in [-0.3, -0.25) is 24.6 Å². The van der Waals surface area contributed by atoms with Crippen molar-refractivity contribution in [3.05, 3.63) is 75.5 Å². The number of anilines is 1. The van der Waals surface area contributed by atoms with Gasteiger partial charge in [0.2, 0.25) is 10.0 Å². The molecule has 0 aromatic heterocycles. The average Bonchev–Trinajstić information content (AvgIpc) is 2.92. The van der Waals surface area contributed by atoms with Crippen molar-refractivity contribution in [1.82, 2.24) is 0 Å². The fourth-order valence-corrected chi connectivity index (χ4v) is 3.67. The highest BCUT2D eigenvalue weighted by molar-refractivity contribution is 7.89. The van der Waals surface area contributed by atoms with Gasteiger partial charge in [-0.15, -0.1) is 0 Å². The Morgan fingerprint density at radius 3 is 2.34 bits per heavy atom. The number of non-ortho nitro benzene ring substituents is 1. The van der Waals surface area contributed by atoms with Crippen molar-refractivity contribution in [3.8, 4) is 0 Å². The van der Waals surface area contributed by atoms with E-state index in [4.69, 9.17) is 5.14 Å². The van der Waals surface area contributed by atoms with Gasteiger partial charge in [0, 0.05) is 17.8 Å². The van der Waals surface area contributed by atoms with Crippen LogP contribution in [-0.4, -0.2) is 30.1 Å². The van der Waals surface area contributed by atoms with Crippen LogP contribution in [0.3, 0.4) is 0 Å². The van der Waals surface area contributed by atoms with Gasteiger partial charge in [0.15, 0.2) is 11.5 Å². The second-order valence-corrected chi connectivity index (χ2v) is 7.85. The Morgan fingerprint density at radius 2 is 1.83 bits per heavy atom. The quantitative estimate of drug-likeness (QED) is 0.553. The molecular weight excluding hydrogens is 402 g/mol. The van der Waals surface area contributed by atoms with E-state index in [0.29, 0.717) is 0 Å². The summed E-state index contributed by atoms with van der Waals surface area (Å²) in [4.78, 5) is 36.2. The van der Waals surface area contributed by atoms with E-state index in [9.17, 15) is 33.2 Å². The molecule has 2 aromatic carbocycles. The second-order valence-electron chi connectivity index (χ2n) is 6.29. The van der Waals surface area contributed by atoms with E-state index < -0.39 is 38.4 Å². The molecule has 0 fully saturated rings. The highest BCUT2D eigenvalue weighted by Crippen LogP contribution is 2.41. The first kappa shape index (κ1) is 20.2. The van der Waals surface area contributed by atoms with Crippen LogP contribution in [0.2, 0.25) is 0 Å². The number of ketones is 1. The number of carbonyl (C=O) groups is 2. The number of amides is 1. The van der Waals surface area contributed by atoms with Crippen LogP contribution in [0.1, 0.15) is 18.5 Å². The van der Waals surface area contributed by atoms with Crippen LogP contribution < -0.4 is 10.0 Å². The van der Waals surface area contributed by atoms with E-state index in [1.807, 2.05) is 0 Å². The minimum Gasteiger partial charge on any atom is -0.503 e. The summed E-state index contributed by atoms with van der Waals surface area (Å²) in [7, 11) is -3.96. The molecule has 1 aliphatic heterocycles. The van der Waals surface area contributed by atoms with E-state index in [1.165, 1.54) is 48.5 Å². The molecule has 0 unspecified atom stereocenters. The van der Waals surface area contributed by atoms with Crippen molar-refractivity contribution in [1.29, 1.82) is 0 Å². The van der Waals surface area contributed by atoms with Crippen LogP contribution in [0.4, 0.5) is 11.4 Å². The third-order valence-corrected chi connectivity index (χ3v) is 5.36. The van der Waals surface area contributed by atoms with Crippen molar-refractivity contribution in [3.63, 3.8) is 0 Å². The Hall–Kier alpha value is -3.57. The van der Waals surface area contributed by atoms with Gasteiger partial charge in [-0.2, -0.15) is 0 Å². The molecule has 3 N–H and O–H groups in total. The number of nitrogens with two attached hydrogens (primary N) is 1. The molecule has 0 saturated heterocycles. The molecule has 150 valence electrons. The summed E-state index contributed by atoms with van der Waals surface area (Å²) in [5, 5.41) is 26.5. The molecule has 2 aromatic rings. The molecule has 3 rings (SSSR count). The van der Waals surface area contributed by atoms with Crippen LogP contribution in [0, 0.1) is 10.1 Å². The van der Waals surface area contributed by atoms with Gasteiger partial charge in [0.1, 0.15) is 0 Å². The lowest BCUT2D eigenvalue weighted by atomic mass is 9.96. The Bertz CT molecular complexity index is 1170. The predicted molar refractivity (Wildman–Crippen MR) is 101 cm³/mol. The molecule has 10 nitrogen and oxygen atoms in total. The maximum absolute atomic E-state index is 12.7. The van der Waals surface area contributed by atoms with E-state index in [1.54, 1.807) is 0 Å². The van der Waals surface area contributed by atoms with E-state index in [2.05, 4.69) is 0 Å². The van der Waals surface area contributed by atoms with E-state index in [0.717, 1.165) is 11.8 Å². The van der Waals surface area contributed by atoms with Gasteiger partial charge in [-0.05, 0) is 36.8 Å². The fourth-order valence-electron chi connectivity index (χ4n) is 3.15. The van der Waals surface area contributed by atoms with Crippen LogP contribution in [0.15, 0.2) is 64.8 Å². The van der Waals surface area contributed by atoms with E-state index in [-0.39, 0.29) is 27.4 Å². The van der Waals surface area contributed by atoms with Crippen LogP contribution in [-0.2, 0) is 19.6 Å². The molecule has 1 heterocycles. The molecule has 1 atom stereocenters. The summed E-state index contributed by atoms with van der Waals surface area (Å²) in [5.74, 6) is -2.25. The SMILES string of the molecule is CC(=O)C1=C(O)C(=O)N(c2ccc(S(N)(=O)=O)cc2)[C@H]1c1cccc([N+](=O)[O-])c1. The highest BCUT2D eigenvalue weighted by atomic mass is 32.2. The second kappa shape index (κ2) is 7.11. The fraction of sp³-hybridized carbons (Fsp3) is 0.111. The Morgan fingerprint density at radius 1 is 1.21 bits per heavy atom. The number of benzene rings is 2. The van der Waals surface area contributed by atoms with E-state index >= 15 is 0 Å². The Labute approximate surface area is 165 Å². The molecule has 0 saturated carbocycles. The number of nitrogens with zero attached hydrogens (tertiary/aromatic N) is 2. The molecular formula is C18H15N3O7S. The molecule has 1 amide bonds. The number of rotatable bonds is 5. The maximum Gasteiger partial charge on any atom is 0.294 e. The first-order valence-electron chi connectivity index (χ1n) is 8.17. The molecule has 0 spiro atoms. The number of Topliss-reactive ketones (excluding diaryl/α,β-unsaturated/α-hetero) is 1. The lowest BCUT2D eigenvalue weighted by Crippen LogP contribution is -2.31. The molecule has 29 heavy (non-hydrogen) atoms. The number of sulfonamides is 1. The number of carbonyl (C=O) groups excluding carboxylic acids is 2. The predicted octanol–water partition coefficient (Wildman–Crippen LogP) is 1.73. The smallest absolute Gasteiger partial charge is 0.294 e. The van der Waals surface area contributed by atoms with Crippen molar-refractivity contribution in [2.45, 2.75) is 17.9 Å². The molecule has 1 aliphatic rings. The number of hydrogen-bond acceptors (Lipinski definition) is 7. The van der Waals surface area contributed by atoms with Crippen molar-refractivity contribution >= 4 is 33.1 Å². The molecule has 0 aliphatic carbocycles. The zero-order valence-corrected chi connectivity index (χ0v) is 15.8. The first-order valence-corrected chi connectivity index (χ1v) is 9.72. The summed E-state index contributed by atoms with van der Waals surface area (Å²) in [6.07, 6.45) is 0. The Kier molecular flexibility index (Phi) is 4.95. The van der Waals surface area contributed by atoms with Gasteiger partial charge in [-0.25, -0.2) is 13.6 Å². The zero-order chi connectivity index (χ0) is 21.5. The first-order chi connectivity index (χ1) is 13.5. The number of primary sulfonamides is 1. The summed E-state index contributed by atoms with van der Waals surface area (Å²) in [5.41, 5.74) is -0.0705. The molecule has 11 heteroatoms. The largest absolute Gasteiger partial charge is 0.503 e. The number of nitro benzene ring substituents is 1. The molecule has 0 radical (unpaired) electrons.